The van der Waals surface area contributed by atoms with E-state index in [0.717, 1.165) is 38.5 Å². The molecular formula is C15H18ClFN2OS. The third-order valence-corrected chi connectivity index (χ3v) is 4.64. The summed E-state index contributed by atoms with van der Waals surface area (Å²) in [6.45, 7) is 0. The quantitative estimate of drug-likeness (QED) is 0.658. The Hall–Kier alpha value is -1.20. The molecule has 0 unspecified atom stereocenters. The third kappa shape index (κ3) is 3.71. The highest BCUT2D eigenvalue weighted by molar-refractivity contribution is 7.80. The first-order chi connectivity index (χ1) is 9.94. The van der Waals surface area contributed by atoms with Gasteiger partial charge in [0.25, 0.3) is 5.91 Å². The minimum Gasteiger partial charge on any atom is -0.391 e. The number of hydrogen-bond acceptors (Lipinski definition) is 2. The van der Waals surface area contributed by atoms with Crippen molar-refractivity contribution in [1.29, 1.82) is 0 Å². The lowest BCUT2D eigenvalue weighted by molar-refractivity contribution is 0.0917. The molecule has 0 spiro atoms. The predicted octanol–water partition coefficient (Wildman–Crippen LogP) is 3.59. The maximum Gasteiger partial charge on any atom is 0.252 e. The normalized spacial score (nSPS) is 17.8. The van der Waals surface area contributed by atoms with Crippen molar-refractivity contribution in [1.82, 2.24) is 5.32 Å². The number of halogens is 2. The van der Waals surface area contributed by atoms with Crippen molar-refractivity contribution in [2.75, 3.05) is 0 Å². The van der Waals surface area contributed by atoms with E-state index >= 15 is 0 Å². The van der Waals surface area contributed by atoms with Crippen molar-refractivity contribution in [3.63, 3.8) is 0 Å². The zero-order valence-corrected chi connectivity index (χ0v) is 13.2. The highest BCUT2D eigenvalue weighted by Gasteiger charge is 2.35. The fourth-order valence-corrected chi connectivity index (χ4v) is 3.13. The number of benzene rings is 1. The maximum atomic E-state index is 13.2. The van der Waals surface area contributed by atoms with Crippen molar-refractivity contribution < 1.29 is 9.18 Å². The summed E-state index contributed by atoms with van der Waals surface area (Å²) in [7, 11) is 0. The van der Waals surface area contributed by atoms with Crippen LogP contribution in [0.5, 0.6) is 0 Å². The second kappa shape index (κ2) is 6.71. The zero-order valence-electron chi connectivity index (χ0n) is 11.6. The van der Waals surface area contributed by atoms with Crippen LogP contribution in [-0.2, 0) is 0 Å². The maximum absolute atomic E-state index is 13.2. The topological polar surface area (TPSA) is 55.1 Å². The van der Waals surface area contributed by atoms with Gasteiger partial charge in [0.2, 0.25) is 0 Å². The summed E-state index contributed by atoms with van der Waals surface area (Å²) in [5.74, 6) is -0.877. The van der Waals surface area contributed by atoms with Gasteiger partial charge in [-0.05, 0) is 31.0 Å². The molecule has 1 aromatic rings. The molecule has 1 aliphatic carbocycles. The summed E-state index contributed by atoms with van der Waals surface area (Å²) in [6.07, 6.45) is 5.65. The Kier molecular flexibility index (Phi) is 5.17. The van der Waals surface area contributed by atoms with E-state index in [2.05, 4.69) is 5.32 Å². The lowest BCUT2D eigenvalue weighted by Crippen LogP contribution is -2.56. The smallest absolute Gasteiger partial charge is 0.252 e. The molecule has 6 heteroatoms. The molecule has 1 aliphatic rings. The van der Waals surface area contributed by atoms with Gasteiger partial charge < -0.3 is 11.1 Å². The van der Waals surface area contributed by atoms with Crippen LogP contribution in [0.1, 0.15) is 48.9 Å². The van der Waals surface area contributed by atoms with Gasteiger partial charge in [-0.15, -0.1) is 0 Å². The molecule has 0 atom stereocenters. The number of thiocarbonyl (C=S) groups is 1. The summed E-state index contributed by atoms with van der Waals surface area (Å²) in [6, 6.07) is 3.90. The fraction of sp³-hybridized carbons (Fsp3) is 0.467. The van der Waals surface area contributed by atoms with E-state index in [1.807, 2.05) is 0 Å². The summed E-state index contributed by atoms with van der Waals surface area (Å²) in [5, 5.41) is 2.87. The Morgan fingerprint density at radius 1 is 1.29 bits per heavy atom. The lowest BCUT2D eigenvalue weighted by atomic mass is 9.89. The van der Waals surface area contributed by atoms with Crippen molar-refractivity contribution in [3.8, 4) is 0 Å². The molecule has 1 aromatic carbocycles. The number of carbonyl (C=O) groups excluding carboxylic acids is 1. The first kappa shape index (κ1) is 16.2. The molecule has 114 valence electrons. The Morgan fingerprint density at radius 3 is 2.43 bits per heavy atom. The van der Waals surface area contributed by atoms with Gasteiger partial charge in [-0.1, -0.05) is 49.5 Å². The molecule has 3 nitrogen and oxygen atoms in total. The number of nitrogens with one attached hydrogen (secondary N) is 1. The van der Waals surface area contributed by atoms with E-state index in [0.29, 0.717) is 10.6 Å². The minimum atomic E-state index is -0.649. The van der Waals surface area contributed by atoms with Crippen LogP contribution in [0.4, 0.5) is 4.39 Å². The Balaban J connectivity index is 2.21. The number of rotatable bonds is 3. The molecule has 2 rings (SSSR count). The molecule has 0 saturated heterocycles. The summed E-state index contributed by atoms with van der Waals surface area (Å²) in [5.41, 5.74) is 5.54. The SMILES string of the molecule is NC(=S)C1(NC(=O)c2ccc(F)c(Cl)c2)CCCCCC1. The van der Waals surface area contributed by atoms with E-state index in [9.17, 15) is 9.18 Å². The average Bonchev–Trinajstić information content (AvgIpc) is 2.68. The summed E-state index contributed by atoms with van der Waals surface area (Å²) in [4.78, 5) is 12.7. The van der Waals surface area contributed by atoms with Gasteiger partial charge in [-0.3, -0.25) is 4.79 Å². The van der Waals surface area contributed by atoms with Crippen molar-refractivity contribution in [2.45, 2.75) is 44.1 Å². The zero-order chi connectivity index (χ0) is 15.5. The van der Waals surface area contributed by atoms with Crippen LogP contribution >= 0.6 is 23.8 Å². The van der Waals surface area contributed by atoms with E-state index in [1.165, 1.54) is 18.2 Å². The second-order valence-electron chi connectivity index (χ2n) is 5.44. The predicted molar refractivity (Wildman–Crippen MR) is 86.1 cm³/mol. The molecule has 1 saturated carbocycles. The molecule has 21 heavy (non-hydrogen) atoms. The van der Waals surface area contributed by atoms with Gasteiger partial charge in [0.1, 0.15) is 5.82 Å². The Bertz CT molecular complexity index is 557. The lowest BCUT2D eigenvalue weighted by Gasteiger charge is -2.33. The van der Waals surface area contributed by atoms with Crippen LogP contribution in [0.3, 0.4) is 0 Å². The average molecular weight is 329 g/mol. The standard InChI is InChI=1S/C15H18ClFN2OS/c16-11-9-10(5-6-12(11)17)13(20)19-15(14(18)21)7-3-1-2-4-8-15/h5-6,9H,1-4,7-8H2,(H2,18,21)(H,19,20). The number of nitrogens with two attached hydrogens (primary N) is 1. The minimum absolute atomic E-state index is 0.0760. The summed E-state index contributed by atoms with van der Waals surface area (Å²) >= 11 is 10.9. The van der Waals surface area contributed by atoms with Crippen molar-refractivity contribution in [2.24, 2.45) is 5.73 Å². The number of amides is 1. The van der Waals surface area contributed by atoms with Gasteiger partial charge in [-0.25, -0.2) is 4.39 Å². The fourth-order valence-electron chi connectivity index (χ4n) is 2.69. The first-order valence-electron chi connectivity index (χ1n) is 7.02. The van der Waals surface area contributed by atoms with Gasteiger partial charge in [-0.2, -0.15) is 0 Å². The number of carbonyl (C=O) groups is 1. The van der Waals surface area contributed by atoms with Crippen LogP contribution in [0, 0.1) is 5.82 Å². The first-order valence-corrected chi connectivity index (χ1v) is 7.81. The van der Waals surface area contributed by atoms with E-state index in [4.69, 9.17) is 29.6 Å². The molecular weight excluding hydrogens is 311 g/mol. The molecule has 0 aromatic heterocycles. The van der Waals surface area contributed by atoms with E-state index < -0.39 is 11.4 Å². The molecule has 1 amide bonds. The molecule has 3 N–H and O–H groups in total. The van der Waals surface area contributed by atoms with E-state index in [-0.39, 0.29) is 10.9 Å². The largest absolute Gasteiger partial charge is 0.391 e. The number of hydrogen-bond donors (Lipinski definition) is 2. The third-order valence-electron chi connectivity index (χ3n) is 3.96. The highest BCUT2D eigenvalue weighted by atomic mass is 35.5. The molecule has 0 heterocycles. The van der Waals surface area contributed by atoms with Gasteiger partial charge in [0.15, 0.2) is 0 Å². The highest BCUT2D eigenvalue weighted by Crippen LogP contribution is 2.28. The Morgan fingerprint density at radius 2 is 1.90 bits per heavy atom. The van der Waals surface area contributed by atoms with Gasteiger partial charge in [0.05, 0.1) is 15.6 Å². The van der Waals surface area contributed by atoms with Crippen LogP contribution in [-0.4, -0.2) is 16.4 Å². The van der Waals surface area contributed by atoms with Crippen LogP contribution in [0.2, 0.25) is 5.02 Å². The summed E-state index contributed by atoms with van der Waals surface area (Å²) < 4.78 is 13.2. The van der Waals surface area contributed by atoms with Crippen molar-refractivity contribution >= 4 is 34.7 Å². The van der Waals surface area contributed by atoms with Gasteiger partial charge >= 0.3 is 0 Å². The monoisotopic (exact) mass is 328 g/mol. The van der Waals surface area contributed by atoms with Gasteiger partial charge in [0, 0.05) is 5.56 Å². The van der Waals surface area contributed by atoms with Crippen LogP contribution in [0.25, 0.3) is 0 Å². The Labute approximate surface area is 134 Å². The molecule has 0 aliphatic heterocycles. The van der Waals surface area contributed by atoms with Crippen LogP contribution < -0.4 is 11.1 Å². The molecule has 0 radical (unpaired) electrons. The van der Waals surface area contributed by atoms with Crippen molar-refractivity contribution in [3.05, 3.63) is 34.6 Å². The van der Waals surface area contributed by atoms with E-state index in [1.54, 1.807) is 0 Å². The molecule has 0 bridgehead atoms. The second-order valence-corrected chi connectivity index (χ2v) is 6.29. The molecule has 1 fully saturated rings. The van der Waals surface area contributed by atoms with Crippen LogP contribution in [0.15, 0.2) is 18.2 Å².